The lowest BCUT2D eigenvalue weighted by molar-refractivity contribution is 0.313. The Bertz CT molecular complexity index is 1150. The Kier molecular flexibility index (Phi) is 6.24. The van der Waals surface area contributed by atoms with Crippen molar-refractivity contribution in [3.63, 3.8) is 0 Å². The summed E-state index contributed by atoms with van der Waals surface area (Å²) in [5.74, 6) is 0. The number of rotatable bonds is 8. The predicted octanol–water partition coefficient (Wildman–Crippen LogP) is 5.31. The van der Waals surface area contributed by atoms with Crippen molar-refractivity contribution in [2.45, 2.75) is 27.3 Å². The van der Waals surface area contributed by atoms with Crippen molar-refractivity contribution < 1.29 is 0 Å². The van der Waals surface area contributed by atoms with Crippen molar-refractivity contribution in [2.24, 2.45) is 4.99 Å². The minimum Gasteiger partial charge on any atom is -0.334 e. The number of aliphatic imine (C=N–C) groups is 1. The van der Waals surface area contributed by atoms with Crippen molar-refractivity contribution in [3.8, 4) is 0 Å². The minimum absolute atomic E-state index is 0.802. The SMILES string of the molecule is CCN(CC)CCN=Cc1cc2c3ccccc3n(Cc3ccccc3)c2c(C)n1. The van der Waals surface area contributed by atoms with Gasteiger partial charge in [0, 0.05) is 35.6 Å². The van der Waals surface area contributed by atoms with Gasteiger partial charge in [0.1, 0.15) is 0 Å². The lowest BCUT2D eigenvalue weighted by Gasteiger charge is -2.15. The summed E-state index contributed by atoms with van der Waals surface area (Å²) in [5, 5.41) is 2.52. The van der Waals surface area contributed by atoms with Crippen LogP contribution in [0.5, 0.6) is 0 Å². The maximum absolute atomic E-state index is 4.87. The fraction of sp³-hybridized carbons (Fsp3) is 0.308. The van der Waals surface area contributed by atoms with E-state index in [0.29, 0.717) is 0 Å². The third-order valence-corrected chi connectivity index (χ3v) is 5.79. The van der Waals surface area contributed by atoms with Crippen LogP contribution in [0.2, 0.25) is 0 Å². The van der Waals surface area contributed by atoms with E-state index in [-0.39, 0.29) is 0 Å². The Morgan fingerprint density at radius 3 is 2.47 bits per heavy atom. The summed E-state index contributed by atoms with van der Waals surface area (Å²) in [5.41, 5.74) is 5.73. The normalized spacial score (nSPS) is 12.0. The molecule has 0 saturated carbocycles. The largest absolute Gasteiger partial charge is 0.334 e. The zero-order valence-electron chi connectivity index (χ0n) is 18.2. The second kappa shape index (κ2) is 9.23. The molecule has 30 heavy (non-hydrogen) atoms. The molecule has 2 aromatic heterocycles. The van der Waals surface area contributed by atoms with Gasteiger partial charge in [-0.25, -0.2) is 4.98 Å². The smallest absolute Gasteiger partial charge is 0.0818 e. The van der Waals surface area contributed by atoms with E-state index in [2.05, 4.69) is 95.9 Å². The molecule has 0 amide bonds. The molecule has 2 heterocycles. The number of aromatic nitrogens is 2. The topological polar surface area (TPSA) is 33.4 Å². The molecule has 0 radical (unpaired) electrons. The lowest BCUT2D eigenvalue weighted by atomic mass is 10.1. The highest BCUT2D eigenvalue weighted by Crippen LogP contribution is 2.31. The second-order valence-corrected chi connectivity index (χ2v) is 7.68. The van der Waals surface area contributed by atoms with Crippen molar-refractivity contribution in [1.29, 1.82) is 0 Å². The summed E-state index contributed by atoms with van der Waals surface area (Å²) < 4.78 is 2.39. The molecule has 0 spiro atoms. The van der Waals surface area contributed by atoms with Gasteiger partial charge in [-0.1, -0.05) is 62.4 Å². The molecule has 0 N–H and O–H groups in total. The molecule has 0 aliphatic heterocycles. The van der Waals surface area contributed by atoms with E-state index in [4.69, 9.17) is 4.98 Å². The molecular formula is C26H30N4. The van der Waals surface area contributed by atoms with Crippen molar-refractivity contribution >= 4 is 28.0 Å². The highest BCUT2D eigenvalue weighted by atomic mass is 15.1. The molecule has 154 valence electrons. The number of likely N-dealkylation sites (N-methyl/N-ethyl adjacent to an activating group) is 1. The van der Waals surface area contributed by atoms with Crippen molar-refractivity contribution in [2.75, 3.05) is 26.2 Å². The van der Waals surface area contributed by atoms with E-state index in [1.807, 2.05) is 6.21 Å². The predicted molar refractivity (Wildman–Crippen MR) is 128 cm³/mol. The first kappa shape index (κ1) is 20.3. The zero-order valence-corrected chi connectivity index (χ0v) is 18.2. The van der Waals surface area contributed by atoms with E-state index in [9.17, 15) is 0 Å². The van der Waals surface area contributed by atoms with Gasteiger partial charge >= 0.3 is 0 Å². The molecule has 0 atom stereocenters. The third kappa shape index (κ3) is 4.14. The molecule has 0 aliphatic carbocycles. The first-order valence-electron chi connectivity index (χ1n) is 10.9. The Morgan fingerprint density at radius 1 is 0.967 bits per heavy atom. The number of fused-ring (bicyclic) bond motifs is 3. The van der Waals surface area contributed by atoms with Gasteiger partial charge in [0.15, 0.2) is 0 Å². The Labute approximate surface area is 178 Å². The summed E-state index contributed by atoms with van der Waals surface area (Å²) in [6.07, 6.45) is 1.93. The monoisotopic (exact) mass is 398 g/mol. The number of pyridine rings is 1. The first-order valence-corrected chi connectivity index (χ1v) is 10.9. The number of para-hydroxylation sites is 1. The van der Waals surface area contributed by atoms with E-state index in [0.717, 1.165) is 44.1 Å². The average Bonchev–Trinajstić information content (AvgIpc) is 3.09. The van der Waals surface area contributed by atoms with Crippen LogP contribution in [0.4, 0.5) is 0 Å². The van der Waals surface area contributed by atoms with Gasteiger partial charge in [0.05, 0.1) is 23.4 Å². The molecule has 0 bridgehead atoms. The maximum Gasteiger partial charge on any atom is 0.0818 e. The molecule has 4 heteroatoms. The van der Waals surface area contributed by atoms with Crippen LogP contribution in [-0.4, -0.2) is 46.8 Å². The van der Waals surface area contributed by atoms with E-state index < -0.39 is 0 Å². The van der Waals surface area contributed by atoms with Gasteiger partial charge in [-0.2, -0.15) is 0 Å². The Balaban J connectivity index is 1.72. The van der Waals surface area contributed by atoms with Gasteiger partial charge in [0.25, 0.3) is 0 Å². The molecule has 2 aromatic carbocycles. The highest BCUT2D eigenvalue weighted by Gasteiger charge is 2.14. The molecular weight excluding hydrogens is 368 g/mol. The van der Waals surface area contributed by atoms with Gasteiger partial charge < -0.3 is 9.47 Å². The van der Waals surface area contributed by atoms with Crippen LogP contribution in [0, 0.1) is 6.92 Å². The summed E-state index contributed by atoms with van der Waals surface area (Å²) in [4.78, 5) is 11.9. The first-order chi connectivity index (χ1) is 14.7. The minimum atomic E-state index is 0.802. The van der Waals surface area contributed by atoms with Crippen LogP contribution in [-0.2, 0) is 6.54 Å². The molecule has 4 aromatic rings. The Hall–Kier alpha value is -2.98. The molecule has 4 nitrogen and oxygen atoms in total. The highest BCUT2D eigenvalue weighted by molar-refractivity contribution is 6.09. The van der Waals surface area contributed by atoms with E-state index >= 15 is 0 Å². The average molecular weight is 399 g/mol. The quantitative estimate of drug-likeness (QED) is 0.377. The van der Waals surface area contributed by atoms with Crippen LogP contribution >= 0.6 is 0 Å². The van der Waals surface area contributed by atoms with Crippen LogP contribution < -0.4 is 0 Å². The summed E-state index contributed by atoms with van der Waals surface area (Å²) in [7, 11) is 0. The standard InChI is InChI=1S/C26H30N4/c1-4-29(5-2)16-15-27-18-22-17-24-23-13-9-10-14-25(23)30(26(24)20(3)28-22)19-21-11-7-6-8-12-21/h6-14,17-18H,4-5,15-16,19H2,1-3H3. The van der Waals surface area contributed by atoms with E-state index in [1.54, 1.807) is 0 Å². The van der Waals surface area contributed by atoms with Gasteiger partial charge in [-0.3, -0.25) is 4.99 Å². The van der Waals surface area contributed by atoms with Crippen molar-refractivity contribution in [3.05, 3.63) is 77.6 Å². The van der Waals surface area contributed by atoms with Crippen LogP contribution in [0.3, 0.4) is 0 Å². The van der Waals surface area contributed by atoms with Gasteiger partial charge in [-0.15, -0.1) is 0 Å². The number of benzene rings is 2. The molecule has 0 aliphatic rings. The summed E-state index contributed by atoms with van der Waals surface area (Å²) in [6, 6.07) is 21.4. The number of nitrogens with zero attached hydrogens (tertiary/aromatic N) is 4. The fourth-order valence-corrected chi connectivity index (χ4v) is 4.19. The number of aryl methyl sites for hydroxylation is 1. The Morgan fingerprint density at radius 2 is 1.70 bits per heavy atom. The second-order valence-electron chi connectivity index (χ2n) is 7.68. The van der Waals surface area contributed by atoms with Crippen LogP contribution in [0.1, 0.15) is 30.8 Å². The fourth-order valence-electron chi connectivity index (χ4n) is 4.19. The third-order valence-electron chi connectivity index (χ3n) is 5.79. The lowest BCUT2D eigenvalue weighted by Crippen LogP contribution is -2.25. The molecule has 0 fully saturated rings. The van der Waals surface area contributed by atoms with Crippen LogP contribution in [0.25, 0.3) is 21.8 Å². The van der Waals surface area contributed by atoms with Crippen LogP contribution in [0.15, 0.2) is 65.7 Å². The van der Waals surface area contributed by atoms with E-state index in [1.165, 1.54) is 27.4 Å². The zero-order chi connectivity index (χ0) is 20.9. The van der Waals surface area contributed by atoms with Gasteiger partial charge in [0.2, 0.25) is 0 Å². The molecule has 0 unspecified atom stereocenters. The van der Waals surface area contributed by atoms with Crippen molar-refractivity contribution in [1.82, 2.24) is 14.5 Å². The number of hydrogen-bond donors (Lipinski definition) is 0. The summed E-state index contributed by atoms with van der Waals surface area (Å²) in [6.45, 7) is 11.2. The number of hydrogen-bond acceptors (Lipinski definition) is 3. The summed E-state index contributed by atoms with van der Waals surface area (Å²) >= 11 is 0. The molecule has 0 saturated heterocycles. The maximum atomic E-state index is 4.87. The van der Waals surface area contributed by atoms with Gasteiger partial charge in [-0.05, 0) is 37.7 Å². The molecule has 4 rings (SSSR count).